The van der Waals surface area contributed by atoms with Crippen molar-refractivity contribution in [3.8, 4) is 0 Å². The molecule has 1 saturated carbocycles. The van der Waals surface area contributed by atoms with E-state index < -0.39 is 0 Å². The topological polar surface area (TPSA) is 72.6 Å². The van der Waals surface area contributed by atoms with Gasteiger partial charge in [-0.05, 0) is 38.0 Å². The van der Waals surface area contributed by atoms with Crippen LogP contribution < -0.4 is 5.73 Å². The molecule has 1 amide bonds. The number of amides is 1. The smallest absolute Gasteiger partial charge is 0.325 e. The number of hydrogen-bond donors (Lipinski definition) is 1. The van der Waals surface area contributed by atoms with Crippen LogP contribution in [0.3, 0.4) is 0 Å². The van der Waals surface area contributed by atoms with E-state index in [1.165, 1.54) is 7.11 Å². The van der Waals surface area contributed by atoms with Gasteiger partial charge in [0.15, 0.2) is 0 Å². The average Bonchev–Trinajstić information content (AvgIpc) is 2.41. The Bertz CT molecular complexity index is 393. The van der Waals surface area contributed by atoms with Gasteiger partial charge in [0.05, 0.1) is 7.11 Å². The first-order valence-corrected chi connectivity index (χ1v) is 7.75. The van der Waals surface area contributed by atoms with Gasteiger partial charge in [-0.1, -0.05) is 20.8 Å². The number of methoxy groups -OCH3 is 1. The first kappa shape index (κ1) is 18.0. The number of nitrogens with zero attached hydrogens (tertiary/aromatic N) is 1. The maximum atomic E-state index is 12.9. The molecule has 0 saturated heterocycles. The van der Waals surface area contributed by atoms with Crippen molar-refractivity contribution in [2.75, 3.05) is 13.7 Å². The SMILES string of the molecule is COC(=O)CN(C(=O)C1CCC(N)C(C)C1(C)C)C(C)C. The fraction of sp³-hybridized carbons (Fsp3) is 0.875. The fourth-order valence-corrected chi connectivity index (χ4v) is 3.21. The molecule has 0 bridgehead atoms. The van der Waals surface area contributed by atoms with Crippen LogP contribution in [0.2, 0.25) is 0 Å². The Morgan fingerprint density at radius 1 is 1.33 bits per heavy atom. The zero-order valence-electron chi connectivity index (χ0n) is 14.2. The lowest BCUT2D eigenvalue weighted by Gasteiger charge is -2.47. The van der Waals surface area contributed by atoms with Gasteiger partial charge in [0.25, 0.3) is 0 Å². The van der Waals surface area contributed by atoms with Crippen LogP contribution in [0.4, 0.5) is 0 Å². The largest absolute Gasteiger partial charge is 0.468 e. The Morgan fingerprint density at radius 3 is 2.38 bits per heavy atom. The molecule has 1 aliphatic rings. The summed E-state index contributed by atoms with van der Waals surface area (Å²) in [5, 5.41) is 0. The lowest BCUT2D eigenvalue weighted by molar-refractivity contribution is -0.154. The van der Waals surface area contributed by atoms with Gasteiger partial charge in [-0.2, -0.15) is 0 Å². The lowest BCUT2D eigenvalue weighted by Crippen LogP contribution is -2.54. The Balaban J connectivity index is 2.95. The van der Waals surface area contributed by atoms with E-state index in [0.29, 0.717) is 0 Å². The summed E-state index contributed by atoms with van der Waals surface area (Å²) in [5.41, 5.74) is 5.99. The van der Waals surface area contributed by atoms with Crippen LogP contribution in [0.5, 0.6) is 0 Å². The highest BCUT2D eigenvalue weighted by atomic mass is 16.5. The van der Waals surface area contributed by atoms with Crippen LogP contribution in [0.1, 0.15) is 47.5 Å². The predicted molar refractivity (Wildman–Crippen MR) is 82.5 cm³/mol. The third-order valence-corrected chi connectivity index (χ3v) is 5.23. The van der Waals surface area contributed by atoms with Crippen LogP contribution in [-0.2, 0) is 14.3 Å². The molecule has 0 radical (unpaired) electrons. The second kappa shape index (κ2) is 6.77. The standard InChI is InChI=1S/C16H30N2O3/c1-10(2)18(9-14(19)21-6)15(20)12-7-8-13(17)11(3)16(12,4)5/h10-13H,7-9,17H2,1-6H3. The first-order valence-electron chi connectivity index (χ1n) is 7.75. The molecule has 21 heavy (non-hydrogen) atoms. The van der Waals surface area contributed by atoms with Gasteiger partial charge in [-0.25, -0.2) is 0 Å². The van der Waals surface area contributed by atoms with Gasteiger partial charge in [-0.3, -0.25) is 9.59 Å². The number of esters is 1. The van der Waals surface area contributed by atoms with Gasteiger partial charge >= 0.3 is 5.97 Å². The van der Waals surface area contributed by atoms with Crippen molar-refractivity contribution in [3.05, 3.63) is 0 Å². The maximum absolute atomic E-state index is 12.9. The third kappa shape index (κ3) is 3.76. The number of carbonyl (C=O) groups excluding carboxylic acids is 2. The van der Waals surface area contributed by atoms with Crippen molar-refractivity contribution in [1.29, 1.82) is 0 Å². The molecule has 122 valence electrons. The molecule has 0 spiro atoms. The van der Waals surface area contributed by atoms with E-state index in [9.17, 15) is 9.59 Å². The van der Waals surface area contributed by atoms with E-state index in [1.54, 1.807) is 4.90 Å². The van der Waals surface area contributed by atoms with E-state index in [-0.39, 0.29) is 47.8 Å². The molecule has 0 heterocycles. The van der Waals surface area contributed by atoms with E-state index >= 15 is 0 Å². The van der Waals surface area contributed by atoms with E-state index in [4.69, 9.17) is 10.5 Å². The summed E-state index contributed by atoms with van der Waals surface area (Å²) in [4.78, 5) is 26.1. The minimum absolute atomic E-state index is 0.0139. The van der Waals surface area contributed by atoms with Crippen molar-refractivity contribution < 1.29 is 14.3 Å². The summed E-state index contributed by atoms with van der Waals surface area (Å²) in [5.74, 6) is -0.165. The predicted octanol–water partition coefficient (Wildman–Crippen LogP) is 1.80. The molecule has 0 aliphatic heterocycles. The van der Waals surface area contributed by atoms with Gasteiger partial charge in [0.2, 0.25) is 5.91 Å². The minimum atomic E-state index is -0.379. The lowest BCUT2D eigenvalue weighted by atomic mass is 9.60. The Morgan fingerprint density at radius 2 is 1.90 bits per heavy atom. The van der Waals surface area contributed by atoms with E-state index in [1.807, 2.05) is 13.8 Å². The minimum Gasteiger partial charge on any atom is -0.468 e. The fourth-order valence-electron chi connectivity index (χ4n) is 3.21. The van der Waals surface area contributed by atoms with Crippen molar-refractivity contribution in [2.45, 2.75) is 59.5 Å². The molecule has 1 rings (SSSR count). The average molecular weight is 298 g/mol. The quantitative estimate of drug-likeness (QED) is 0.803. The monoisotopic (exact) mass is 298 g/mol. The third-order valence-electron chi connectivity index (χ3n) is 5.23. The van der Waals surface area contributed by atoms with Gasteiger partial charge in [0.1, 0.15) is 6.54 Å². The molecule has 2 N–H and O–H groups in total. The van der Waals surface area contributed by atoms with Crippen LogP contribution in [0.15, 0.2) is 0 Å². The molecule has 5 heteroatoms. The highest BCUT2D eigenvalue weighted by molar-refractivity contribution is 5.84. The van der Waals surface area contributed by atoms with Crippen molar-refractivity contribution in [2.24, 2.45) is 23.0 Å². The molecular weight excluding hydrogens is 268 g/mol. The van der Waals surface area contributed by atoms with Crippen LogP contribution in [0.25, 0.3) is 0 Å². The zero-order chi connectivity index (χ0) is 16.4. The number of carbonyl (C=O) groups is 2. The second-order valence-electron chi connectivity index (χ2n) is 7.04. The number of hydrogen-bond acceptors (Lipinski definition) is 4. The summed E-state index contributed by atoms with van der Waals surface area (Å²) in [6.07, 6.45) is 1.63. The molecule has 3 unspecified atom stereocenters. The Kier molecular flexibility index (Phi) is 5.79. The van der Waals surface area contributed by atoms with Crippen molar-refractivity contribution in [3.63, 3.8) is 0 Å². The molecule has 3 atom stereocenters. The second-order valence-corrected chi connectivity index (χ2v) is 7.04. The molecule has 5 nitrogen and oxygen atoms in total. The highest BCUT2D eigenvalue weighted by Gasteiger charge is 2.46. The Labute approximate surface area is 128 Å². The Hall–Kier alpha value is -1.10. The molecule has 0 aromatic rings. The summed E-state index contributed by atoms with van der Waals surface area (Å²) >= 11 is 0. The molecule has 1 aliphatic carbocycles. The molecule has 0 aromatic carbocycles. The van der Waals surface area contributed by atoms with Gasteiger partial charge in [0, 0.05) is 18.0 Å². The summed E-state index contributed by atoms with van der Waals surface area (Å²) < 4.78 is 4.71. The number of nitrogens with two attached hydrogens (primary N) is 1. The molecular formula is C16H30N2O3. The first-order chi connectivity index (χ1) is 9.62. The molecule has 0 aromatic heterocycles. The van der Waals surface area contributed by atoms with Gasteiger partial charge < -0.3 is 15.4 Å². The summed E-state index contributed by atoms with van der Waals surface area (Å²) in [6, 6.07) is 0.107. The van der Waals surface area contributed by atoms with E-state index in [0.717, 1.165) is 12.8 Å². The van der Waals surface area contributed by atoms with Crippen molar-refractivity contribution >= 4 is 11.9 Å². The van der Waals surface area contributed by atoms with E-state index in [2.05, 4.69) is 20.8 Å². The maximum Gasteiger partial charge on any atom is 0.325 e. The summed E-state index contributed by atoms with van der Waals surface area (Å²) in [7, 11) is 1.34. The normalized spacial score (nSPS) is 28.3. The zero-order valence-corrected chi connectivity index (χ0v) is 14.2. The van der Waals surface area contributed by atoms with Crippen molar-refractivity contribution in [1.82, 2.24) is 4.90 Å². The number of rotatable bonds is 4. The van der Waals surface area contributed by atoms with Crippen LogP contribution >= 0.6 is 0 Å². The number of ether oxygens (including phenoxy) is 1. The van der Waals surface area contributed by atoms with Crippen LogP contribution in [-0.4, -0.2) is 42.5 Å². The van der Waals surface area contributed by atoms with Gasteiger partial charge in [-0.15, -0.1) is 0 Å². The summed E-state index contributed by atoms with van der Waals surface area (Å²) in [6.45, 7) is 10.2. The van der Waals surface area contributed by atoms with Crippen LogP contribution in [0, 0.1) is 17.3 Å². The molecule has 1 fully saturated rings. The highest BCUT2D eigenvalue weighted by Crippen LogP contribution is 2.45.